The summed E-state index contributed by atoms with van der Waals surface area (Å²) in [6.45, 7) is 2.28. The molecule has 11 heteroatoms. The van der Waals surface area contributed by atoms with Gasteiger partial charge in [0.25, 0.3) is 0 Å². The van der Waals surface area contributed by atoms with Gasteiger partial charge < -0.3 is 19.8 Å². The van der Waals surface area contributed by atoms with Gasteiger partial charge in [-0.3, -0.25) is 19.4 Å². The minimum Gasteiger partial charge on any atom is -0.508 e. The lowest BCUT2D eigenvalue weighted by molar-refractivity contribution is -0.203. The highest BCUT2D eigenvalue weighted by molar-refractivity contribution is 6.36. The number of benzene rings is 3. The Morgan fingerprint density at radius 3 is 2.39 bits per heavy atom. The Morgan fingerprint density at radius 1 is 1.05 bits per heavy atom. The van der Waals surface area contributed by atoms with Crippen LogP contribution in [0.2, 0.25) is 10.0 Å². The molecule has 9 nitrogen and oxygen atoms in total. The number of phenolic OH excluding ortho intramolecular Hbond substituents is 1. The van der Waals surface area contributed by atoms with E-state index in [0.717, 1.165) is 22.4 Å². The van der Waals surface area contributed by atoms with Crippen LogP contribution < -0.4 is 4.90 Å². The molecule has 3 atom stereocenters. The summed E-state index contributed by atoms with van der Waals surface area (Å²) in [5.74, 6) is -0.540. The molecule has 0 saturated carbocycles. The predicted octanol–water partition coefficient (Wildman–Crippen LogP) is 4.76. The van der Waals surface area contributed by atoms with Gasteiger partial charge in [-0.25, -0.2) is 5.01 Å². The number of fused-ring (bicyclic) bond motifs is 1. The van der Waals surface area contributed by atoms with Crippen LogP contribution in [0.15, 0.2) is 66.7 Å². The number of anilines is 1. The van der Waals surface area contributed by atoms with Gasteiger partial charge in [-0.1, -0.05) is 72.6 Å². The Morgan fingerprint density at radius 2 is 1.73 bits per heavy atom. The lowest BCUT2D eigenvalue weighted by atomic mass is 9.96. The van der Waals surface area contributed by atoms with Crippen molar-refractivity contribution in [2.45, 2.75) is 44.4 Å². The predicted molar refractivity (Wildman–Crippen MR) is 171 cm³/mol. The molecule has 44 heavy (non-hydrogen) atoms. The van der Waals surface area contributed by atoms with E-state index in [1.54, 1.807) is 63.3 Å². The number of piperazine rings is 1. The summed E-state index contributed by atoms with van der Waals surface area (Å²) in [6, 6.07) is 19.0. The number of halogens is 2. The number of amides is 3. The molecule has 0 aliphatic carbocycles. The van der Waals surface area contributed by atoms with Crippen LogP contribution in [0.3, 0.4) is 0 Å². The van der Waals surface area contributed by atoms with E-state index in [9.17, 15) is 19.5 Å². The van der Waals surface area contributed by atoms with Gasteiger partial charge in [0.05, 0.1) is 23.8 Å². The summed E-state index contributed by atoms with van der Waals surface area (Å²) in [6.07, 6.45) is -0.257. The standard InChI is InChI=1S/C33H37Cl2N5O4/c1-21(23-8-6-5-7-9-23)14-30(42)40-29-19-38(18-24-16-25(34)17-27(35)32(24)36(2)3)33(44)28(39(29)31(43)20-37(40)4)15-22-10-12-26(41)13-11-22/h5-13,16-17,21,28-29,41H,14-15,18-20H2,1-4H3/t21-,28+,29?/m1/s1. The summed E-state index contributed by atoms with van der Waals surface area (Å²) in [5, 5.41) is 14.0. The topological polar surface area (TPSA) is 87.6 Å². The number of carbonyl (C=O) groups excluding carboxylic acids is 3. The molecule has 0 bridgehead atoms. The van der Waals surface area contributed by atoms with Gasteiger partial charge in [0.2, 0.25) is 17.7 Å². The Bertz CT molecular complexity index is 1540. The van der Waals surface area contributed by atoms with Crippen molar-refractivity contribution in [3.63, 3.8) is 0 Å². The molecule has 2 aliphatic heterocycles. The molecule has 3 aromatic carbocycles. The highest BCUT2D eigenvalue weighted by atomic mass is 35.5. The van der Waals surface area contributed by atoms with Crippen molar-refractivity contribution in [3.05, 3.63) is 93.5 Å². The van der Waals surface area contributed by atoms with Crippen molar-refractivity contribution in [1.82, 2.24) is 19.8 Å². The molecule has 2 saturated heterocycles. The smallest absolute Gasteiger partial charge is 0.246 e. The highest BCUT2D eigenvalue weighted by Crippen LogP contribution is 2.35. The van der Waals surface area contributed by atoms with Gasteiger partial charge in [-0.15, -0.1) is 0 Å². The van der Waals surface area contributed by atoms with E-state index in [-0.39, 0.29) is 61.9 Å². The number of phenols is 1. The molecule has 2 heterocycles. The number of likely N-dealkylation sites (N-methyl/N-ethyl adjacent to an activating group) is 1. The molecule has 0 radical (unpaired) electrons. The lowest BCUT2D eigenvalue weighted by Gasteiger charge is -2.55. The van der Waals surface area contributed by atoms with Crippen molar-refractivity contribution >= 4 is 46.6 Å². The van der Waals surface area contributed by atoms with Crippen LogP contribution in [0, 0.1) is 0 Å². The minimum absolute atomic E-state index is 0.0318. The van der Waals surface area contributed by atoms with E-state index < -0.39 is 12.2 Å². The van der Waals surface area contributed by atoms with Crippen molar-refractivity contribution in [3.8, 4) is 5.75 Å². The third kappa shape index (κ3) is 6.50. The minimum atomic E-state index is -0.862. The third-order valence-electron chi connectivity index (χ3n) is 8.33. The summed E-state index contributed by atoms with van der Waals surface area (Å²) >= 11 is 13.0. The van der Waals surface area contributed by atoms with Crippen molar-refractivity contribution < 1.29 is 19.5 Å². The van der Waals surface area contributed by atoms with E-state index in [1.165, 1.54) is 0 Å². The molecule has 1 N–H and O–H groups in total. The van der Waals surface area contributed by atoms with Gasteiger partial charge in [0.1, 0.15) is 18.0 Å². The lowest BCUT2D eigenvalue weighted by Crippen LogP contribution is -2.75. The second kappa shape index (κ2) is 13.1. The van der Waals surface area contributed by atoms with Crippen molar-refractivity contribution in [2.75, 3.05) is 39.1 Å². The van der Waals surface area contributed by atoms with Gasteiger partial charge in [0.15, 0.2) is 0 Å². The average Bonchev–Trinajstić information content (AvgIpc) is 2.96. The molecule has 0 spiro atoms. The molecule has 232 valence electrons. The Hall–Kier alpha value is -3.79. The van der Waals surface area contributed by atoms with Gasteiger partial charge in [-0.05, 0) is 46.9 Å². The fourth-order valence-corrected chi connectivity index (χ4v) is 6.97. The Balaban J connectivity index is 1.52. The molecule has 2 aliphatic rings. The van der Waals surface area contributed by atoms with Gasteiger partial charge in [-0.2, -0.15) is 0 Å². The molecule has 3 aromatic rings. The van der Waals surface area contributed by atoms with Crippen LogP contribution in [0.4, 0.5) is 5.69 Å². The molecule has 1 unspecified atom stereocenters. The second-order valence-electron chi connectivity index (χ2n) is 11.7. The number of nitrogens with zero attached hydrogens (tertiary/aromatic N) is 5. The maximum Gasteiger partial charge on any atom is 0.246 e. The zero-order valence-electron chi connectivity index (χ0n) is 25.3. The highest BCUT2D eigenvalue weighted by Gasteiger charge is 2.50. The summed E-state index contributed by atoms with van der Waals surface area (Å²) < 4.78 is 0. The van der Waals surface area contributed by atoms with Crippen LogP contribution in [0.1, 0.15) is 36.0 Å². The molecule has 3 amide bonds. The van der Waals surface area contributed by atoms with E-state index in [4.69, 9.17) is 23.2 Å². The Kier molecular flexibility index (Phi) is 9.39. The maximum atomic E-state index is 14.3. The average molecular weight is 639 g/mol. The fourth-order valence-electron chi connectivity index (χ4n) is 6.27. The first-order valence-electron chi connectivity index (χ1n) is 14.6. The number of hydrogen-bond donors (Lipinski definition) is 1. The first-order valence-corrected chi connectivity index (χ1v) is 15.3. The second-order valence-corrected chi connectivity index (χ2v) is 12.6. The molecule has 2 fully saturated rings. The Labute approximate surface area is 268 Å². The largest absolute Gasteiger partial charge is 0.508 e. The SMILES string of the molecule is C[C@H](CC(=O)N1C2CN(Cc3cc(Cl)cc(Cl)c3N(C)C)C(=O)[C@H](Cc3ccc(O)cc3)N2C(=O)CN1C)c1ccccc1. The summed E-state index contributed by atoms with van der Waals surface area (Å²) in [4.78, 5) is 47.1. The maximum absolute atomic E-state index is 14.3. The molecular formula is C33H37Cl2N5O4. The number of aromatic hydroxyl groups is 1. The quantitative estimate of drug-likeness (QED) is 0.383. The van der Waals surface area contributed by atoms with Crippen LogP contribution >= 0.6 is 23.2 Å². The molecular weight excluding hydrogens is 601 g/mol. The van der Waals surface area contributed by atoms with Crippen molar-refractivity contribution in [1.29, 1.82) is 0 Å². The van der Waals surface area contributed by atoms with Crippen LogP contribution in [-0.2, 0) is 27.3 Å². The van der Waals surface area contributed by atoms with Gasteiger partial charge in [0, 0.05) is 45.6 Å². The number of hydrazine groups is 1. The van der Waals surface area contributed by atoms with E-state index >= 15 is 0 Å². The number of carbonyl (C=O) groups is 3. The summed E-state index contributed by atoms with van der Waals surface area (Å²) in [7, 11) is 5.47. The molecule has 5 rings (SSSR count). The molecule has 0 aromatic heterocycles. The van der Waals surface area contributed by atoms with Crippen LogP contribution in [0.5, 0.6) is 5.75 Å². The number of hydrogen-bond acceptors (Lipinski definition) is 6. The van der Waals surface area contributed by atoms with Crippen LogP contribution in [-0.4, -0.2) is 89.1 Å². The summed E-state index contributed by atoms with van der Waals surface area (Å²) in [5.41, 5.74) is 3.32. The van der Waals surface area contributed by atoms with E-state index in [0.29, 0.717) is 10.0 Å². The fraction of sp³-hybridized carbons (Fsp3) is 0.364. The zero-order valence-corrected chi connectivity index (χ0v) is 26.8. The van der Waals surface area contributed by atoms with Crippen LogP contribution in [0.25, 0.3) is 0 Å². The van der Waals surface area contributed by atoms with Gasteiger partial charge >= 0.3 is 0 Å². The number of rotatable bonds is 8. The van der Waals surface area contributed by atoms with E-state index in [1.807, 2.05) is 56.3 Å². The zero-order chi connectivity index (χ0) is 31.7. The first-order chi connectivity index (χ1) is 20.9. The first kappa shape index (κ1) is 31.6. The third-order valence-corrected chi connectivity index (χ3v) is 8.83. The van der Waals surface area contributed by atoms with Crippen molar-refractivity contribution in [2.24, 2.45) is 0 Å². The van der Waals surface area contributed by atoms with E-state index in [2.05, 4.69) is 0 Å². The normalized spacial score (nSPS) is 19.6. The monoisotopic (exact) mass is 637 g/mol.